The molecular formula is C21H27F3N2O4. The summed E-state index contributed by atoms with van der Waals surface area (Å²) in [6, 6.07) is 8.98. The molecule has 0 aromatic heterocycles. The lowest BCUT2D eigenvalue weighted by Gasteiger charge is -2.33. The van der Waals surface area contributed by atoms with Gasteiger partial charge in [-0.3, -0.25) is 9.69 Å². The van der Waals surface area contributed by atoms with Crippen LogP contribution in [0.3, 0.4) is 0 Å². The predicted octanol–water partition coefficient (Wildman–Crippen LogP) is 2.89. The number of carbonyl (C=O) groups excluding carboxylic acids is 1. The van der Waals surface area contributed by atoms with Gasteiger partial charge in [0.1, 0.15) is 0 Å². The van der Waals surface area contributed by atoms with E-state index in [9.17, 15) is 18.0 Å². The SMILES string of the molecule is Cc1ccccc1CN1C[C@H]2C[C@H](C(=O)NC3CCC3)[C@@H](C1)O2.O=C(O)C(F)(F)F. The smallest absolute Gasteiger partial charge is 0.475 e. The van der Waals surface area contributed by atoms with Gasteiger partial charge in [0.2, 0.25) is 5.91 Å². The first-order valence-electron chi connectivity index (χ1n) is 10.2. The third-order valence-electron chi connectivity index (χ3n) is 5.92. The van der Waals surface area contributed by atoms with Gasteiger partial charge in [-0.1, -0.05) is 24.3 Å². The Kier molecular flexibility index (Phi) is 7.02. The molecule has 1 aromatic rings. The number of amides is 1. The molecule has 30 heavy (non-hydrogen) atoms. The van der Waals surface area contributed by atoms with Crippen LogP contribution in [0, 0.1) is 12.8 Å². The molecule has 2 N–H and O–H groups in total. The molecule has 166 valence electrons. The summed E-state index contributed by atoms with van der Waals surface area (Å²) in [6.45, 7) is 4.94. The van der Waals surface area contributed by atoms with Crippen molar-refractivity contribution >= 4 is 11.9 Å². The summed E-state index contributed by atoms with van der Waals surface area (Å²) in [7, 11) is 0. The molecule has 3 atom stereocenters. The molecule has 9 heteroatoms. The monoisotopic (exact) mass is 428 g/mol. The number of ether oxygens (including phenoxy) is 1. The number of alkyl halides is 3. The highest BCUT2D eigenvalue weighted by atomic mass is 19.4. The number of hydrogen-bond acceptors (Lipinski definition) is 4. The molecule has 2 aliphatic heterocycles. The maximum Gasteiger partial charge on any atom is 0.490 e. The maximum atomic E-state index is 12.5. The zero-order valence-corrected chi connectivity index (χ0v) is 16.8. The van der Waals surface area contributed by atoms with Crippen LogP contribution in [0.4, 0.5) is 13.2 Å². The van der Waals surface area contributed by atoms with Gasteiger partial charge < -0.3 is 15.2 Å². The predicted molar refractivity (Wildman–Crippen MR) is 103 cm³/mol. The first-order valence-corrected chi connectivity index (χ1v) is 10.2. The normalized spacial score (nSPS) is 26.3. The summed E-state index contributed by atoms with van der Waals surface area (Å²) in [5.41, 5.74) is 2.72. The van der Waals surface area contributed by atoms with Crippen molar-refractivity contribution in [3.63, 3.8) is 0 Å². The quantitative estimate of drug-likeness (QED) is 0.771. The summed E-state index contributed by atoms with van der Waals surface area (Å²) < 4.78 is 37.8. The number of likely N-dealkylation sites (tertiary alicyclic amines) is 1. The molecule has 1 amide bonds. The minimum absolute atomic E-state index is 0.0440. The molecule has 3 fully saturated rings. The number of benzene rings is 1. The third kappa shape index (κ3) is 5.72. The van der Waals surface area contributed by atoms with E-state index in [2.05, 4.69) is 41.4 Å². The Hall–Kier alpha value is -2.13. The minimum Gasteiger partial charge on any atom is -0.475 e. The van der Waals surface area contributed by atoms with E-state index in [0.29, 0.717) is 6.04 Å². The Balaban J connectivity index is 0.000000318. The number of fused-ring (bicyclic) bond motifs is 2. The van der Waals surface area contributed by atoms with E-state index >= 15 is 0 Å². The Morgan fingerprint density at radius 1 is 1.23 bits per heavy atom. The highest BCUT2D eigenvalue weighted by Gasteiger charge is 2.45. The minimum atomic E-state index is -5.08. The average molecular weight is 428 g/mol. The fourth-order valence-corrected chi connectivity index (χ4v) is 4.03. The molecule has 1 aromatic carbocycles. The van der Waals surface area contributed by atoms with Gasteiger partial charge in [-0.05, 0) is 43.7 Å². The van der Waals surface area contributed by atoms with E-state index < -0.39 is 12.1 Å². The molecule has 4 rings (SSSR count). The lowest BCUT2D eigenvalue weighted by molar-refractivity contribution is -0.192. The van der Waals surface area contributed by atoms with Crippen molar-refractivity contribution in [1.82, 2.24) is 10.2 Å². The van der Waals surface area contributed by atoms with Gasteiger partial charge in [-0.15, -0.1) is 0 Å². The number of carboxylic acid groups (broad SMARTS) is 1. The standard InChI is InChI=1S/C19H26N2O2.C2HF3O2/c1-13-5-2-3-6-14(13)10-21-11-16-9-17(18(12-21)23-16)19(22)20-15-7-4-8-15;3-2(4,5)1(6)7/h2-3,5-6,15-18H,4,7-12H2,1H3,(H,20,22);(H,6,7)/t16-,17+,18-;/m1./s1. The van der Waals surface area contributed by atoms with Crippen molar-refractivity contribution in [2.45, 2.75) is 63.6 Å². The number of aryl methyl sites for hydroxylation is 1. The summed E-state index contributed by atoms with van der Waals surface area (Å²) >= 11 is 0. The number of carbonyl (C=O) groups is 2. The molecule has 2 heterocycles. The van der Waals surface area contributed by atoms with Crippen LogP contribution in [0.15, 0.2) is 24.3 Å². The van der Waals surface area contributed by atoms with E-state index in [0.717, 1.165) is 38.9 Å². The maximum absolute atomic E-state index is 12.5. The Labute approximate surface area is 173 Å². The van der Waals surface area contributed by atoms with Crippen molar-refractivity contribution in [2.75, 3.05) is 13.1 Å². The van der Waals surface area contributed by atoms with E-state index in [1.54, 1.807) is 0 Å². The number of rotatable bonds is 4. The van der Waals surface area contributed by atoms with Crippen LogP contribution in [-0.2, 0) is 20.9 Å². The van der Waals surface area contributed by atoms with Gasteiger partial charge in [-0.25, -0.2) is 4.79 Å². The second kappa shape index (κ2) is 9.34. The molecule has 0 unspecified atom stereocenters. The zero-order chi connectivity index (χ0) is 21.9. The van der Waals surface area contributed by atoms with Crippen LogP contribution in [0.5, 0.6) is 0 Å². The van der Waals surface area contributed by atoms with E-state index in [1.165, 1.54) is 17.5 Å². The summed E-state index contributed by atoms with van der Waals surface area (Å²) in [5.74, 6) is -2.49. The second-order valence-electron chi connectivity index (χ2n) is 8.20. The largest absolute Gasteiger partial charge is 0.490 e. The van der Waals surface area contributed by atoms with Crippen molar-refractivity contribution in [3.8, 4) is 0 Å². The van der Waals surface area contributed by atoms with Crippen LogP contribution in [0.2, 0.25) is 0 Å². The van der Waals surface area contributed by atoms with Gasteiger partial charge in [0.25, 0.3) is 0 Å². The summed E-state index contributed by atoms with van der Waals surface area (Å²) in [5, 5.41) is 10.3. The van der Waals surface area contributed by atoms with E-state index in [1.807, 2.05) is 0 Å². The Bertz CT molecular complexity index is 767. The zero-order valence-electron chi connectivity index (χ0n) is 16.8. The van der Waals surface area contributed by atoms with Gasteiger partial charge in [0.05, 0.1) is 18.1 Å². The lowest BCUT2D eigenvalue weighted by atomic mass is 9.91. The lowest BCUT2D eigenvalue weighted by Crippen LogP contribution is -2.47. The third-order valence-corrected chi connectivity index (χ3v) is 5.92. The van der Waals surface area contributed by atoms with Crippen molar-refractivity contribution in [3.05, 3.63) is 35.4 Å². The number of hydrogen-bond donors (Lipinski definition) is 2. The topological polar surface area (TPSA) is 78.9 Å². The number of nitrogens with zero attached hydrogens (tertiary/aromatic N) is 1. The fraction of sp³-hybridized carbons (Fsp3) is 0.619. The molecule has 2 bridgehead atoms. The van der Waals surface area contributed by atoms with Crippen LogP contribution in [0.25, 0.3) is 0 Å². The first-order chi connectivity index (χ1) is 14.1. The number of carboxylic acids is 1. The highest BCUT2D eigenvalue weighted by Crippen LogP contribution is 2.33. The molecule has 0 radical (unpaired) electrons. The van der Waals surface area contributed by atoms with Gasteiger partial charge in [0.15, 0.2) is 0 Å². The number of halogens is 3. The summed E-state index contributed by atoms with van der Waals surface area (Å²) in [4.78, 5) is 23.9. The van der Waals surface area contributed by atoms with Crippen molar-refractivity contribution in [2.24, 2.45) is 5.92 Å². The molecular weight excluding hydrogens is 401 g/mol. The fourth-order valence-electron chi connectivity index (χ4n) is 4.03. The molecule has 0 spiro atoms. The van der Waals surface area contributed by atoms with Gasteiger partial charge in [-0.2, -0.15) is 13.2 Å². The van der Waals surface area contributed by atoms with Gasteiger partial charge >= 0.3 is 12.1 Å². The van der Waals surface area contributed by atoms with Crippen LogP contribution >= 0.6 is 0 Å². The van der Waals surface area contributed by atoms with Crippen molar-refractivity contribution < 1.29 is 32.6 Å². The van der Waals surface area contributed by atoms with E-state index in [-0.39, 0.29) is 24.0 Å². The van der Waals surface area contributed by atoms with Crippen molar-refractivity contribution in [1.29, 1.82) is 0 Å². The Morgan fingerprint density at radius 2 is 1.90 bits per heavy atom. The van der Waals surface area contributed by atoms with Gasteiger partial charge in [0, 0.05) is 25.7 Å². The number of morpholine rings is 1. The number of nitrogens with one attached hydrogen (secondary N) is 1. The van der Waals surface area contributed by atoms with Crippen LogP contribution in [-0.4, -0.2) is 59.4 Å². The second-order valence-corrected chi connectivity index (χ2v) is 8.20. The molecule has 2 saturated heterocycles. The molecule has 1 saturated carbocycles. The molecule has 3 aliphatic rings. The first kappa shape index (κ1) is 22.6. The molecule has 1 aliphatic carbocycles. The number of aliphatic carboxylic acids is 1. The average Bonchev–Trinajstić information content (AvgIpc) is 2.94. The highest BCUT2D eigenvalue weighted by molar-refractivity contribution is 5.80. The van der Waals surface area contributed by atoms with Crippen LogP contribution < -0.4 is 5.32 Å². The van der Waals surface area contributed by atoms with Crippen LogP contribution in [0.1, 0.15) is 36.8 Å². The summed E-state index contributed by atoms with van der Waals surface area (Å²) in [6.07, 6.45) is -0.372. The molecule has 6 nitrogen and oxygen atoms in total. The van der Waals surface area contributed by atoms with E-state index in [4.69, 9.17) is 14.6 Å². The Morgan fingerprint density at radius 3 is 2.47 bits per heavy atom.